The summed E-state index contributed by atoms with van der Waals surface area (Å²) in [6, 6.07) is 9.91. The third-order valence-corrected chi connectivity index (χ3v) is 4.03. The fourth-order valence-electron chi connectivity index (χ4n) is 2.47. The van der Waals surface area contributed by atoms with E-state index in [1.165, 1.54) is 24.5 Å². The SMILES string of the molecule is CC(C)(C)C(=O)OC(=O)[C@H](C(=N)c1ccncc1)N(C(=O)CN)c1ccccc1. The number of amides is 1. The van der Waals surface area contributed by atoms with Crippen molar-refractivity contribution in [1.29, 1.82) is 5.41 Å². The van der Waals surface area contributed by atoms with Crippen molar-refractivity contribution in [2.75, 3.05) is 11.4 Å². The number of esters is 2. The maximum atomic E-state index is 13.0. The highest BCUT2D eigenvalue weighted by atomic mass is 16.6. The molecule has 8 nitrogen and oxygen atoms in total. The molecule has 0 aliphatic rings. The van der Waals surface area contributed by atoms with Crippen molar-refractivity contribution in [2.45, 2.75) is 26.8 Å². The van der Waals surface area contributed by atoms with Gasteiger partial charge in [0.25, 0.3) is 0 Å². The van der Waals surface area contributed by atoms with Gasteiger partial charge >= 0.3 is 11.9 Å². The van der Waals surface area contributed by atoms with Gasteiger partial charge in [-0.3, -0.25) is 19.5 Å². The van der Waals surface area contributed by atoms with Crippen LogP contribution >= 0.6 is 0 Å². The molecule has 1 aromatic heterocycles. The summed E-state index contributed by atoms with van der Waals surface area (Å²) in [5.74, 6) is -2.39. The number of nitrogens with two attached hydrogens (primary N) is 1. The monoisotopic (exact) mass is 396 g/mol. The highest BCUT2D eigenvalue weighted by molar-refractivity contribution is 6.21. The normalized spacial score (nSPS) is 12.0. The van der Waals surface area contributed by atoms with Crippen molar-refractivity contribution in [2.24, 2.45) is 11.1 Å². The standard InChI is InChI=1S/C21H24N4O4/c1-21(2,3)20(28)29-19(27)18(17(23)14-9-11-24-12-10-14)25(16(26)13-22)15-7-5-4-6-8-15/h4-12,18,23H,13,22H2,1-3H3/t18-/m0/s1. The molecule has 8 heteroatoms. The van der Waals surface area contributed by atoms with Crippen molar-refractivity contribution >= 4 is 29.2 Å². The van der Waals surface area contributed by atoms with Gasteiger partial charge < -0.3 is 15.9 Å². The second-order valence-electron chi connectivity index (χ2n) is 7.31. The Hall–Kier alpha value is -3.39. The van der Waals surface area contributed by atoms with E-state index in [-0.39, 0.29) is 5.71 Å². The molecule has 0 bridgehead atoms. The number of nitrogens with one attached hydrogen (secondary N) is 1. The van der Waals surface area contributed by atoms with Crippen molar-refractivity contribution in [3.8, 4) is 0 Å². The highest BCUT2D eigenvalue weighted by Gasteiger charge is 2.38. The number of carbonyl (C=O) groups excluding carboxylic acids is 3. The van der Waals surface area contributed by atoms with E-state index in [4.69, 9.17) is 15.9 Å². The van der Waals surface area contributed by atoms with Crippen LogP contribution < -0.4 is 10.6 Å². The van der Waals surface area contributed by atoms with Gasteiger partial charge in [-0.2, -0.15) is 0 Å². The molecule has 0 aliphatic carbocycles. The number of benzene rings is 1. The van der Waals surface area contributed by atoms with E-state index in [0.717, 1.165) is 4.90 Å². The van der Waals surface area contributed by atoms with Crippen LogP contribution in [0.5, 0.6) is 0 Å². The van der Waals surface area contributed by atoms with E-state index in [1.54, 1.807) is 51.1 Å². The average molecular weight is 396 g/mol. The molecule has 152 valence electrons. The summed E-state index contributed by atoms with van der Waals surface area (Å²) in [7, 11) is 0. The number of anilines is 1. The average Bonchev–Trinajstić information content (AvgIpc) is 2.71. The zero-order valence-corrected chi connectivity index (χ0v) is 16.6. The summed E-state index contributed by atoms with van der Waals surface area (Å²) < 4.78 is 5.05. The molecule has 1 amide bonds. The second-order valence-corrected chi connectivity index (χ2v) is 7.31. The minimum atomic E-state index is -1.50. The first-order valence-electron chi connectivity index (χ1n) is 8.99. The molecule has 0 aliphatic heterocycles. The molecule has 0 fully saturated rings. The number of carbonyl (C=O) groups is 3. The van der Waals surface area contributed by atoms with Crippen LogP contribution in [0.15, 0.2) is 54.9 Å². The minimum absolute atomic E-state index is 0.218. The highest BCUT2D eigenvalue weighted by Crippen LogP contribution is 2.22. The zero-order valence-electron chi connectivity index (χ0n) is 16.6. The fraction of sp³-hybridized carbons (Fsp3) is 0.286. The van der Waals surface area contributed by atoms with Crippen molar-refractivity contribution < 1.29 is 19.1 Å². The molecule has 0 saturated carbocycles. The van der Waals surface area contributed by atoms with E-state index in [0.29, 0.717) is 11.3 Å². The Balaban J connectivity index is 2.55. The Labute approximate surface area is 169 Å². The summed E-state index contributed by atoms with van der Waals surface area (Å²) in [6.45, 7) is 4.42. The van der Waals surface area contributed by atoms with E-state index in [2.05, 4.69) is 4.98 Å². The van der Waals surface area contributed by atoms with Crippen LogP contribution in [0.25, 0.3) is 0 Å². The van der Waals surface area contributed by atoms with E-state index < -0.39 is 35.8 Å². The van der Waals surface area contributed by atoms with Gasteiger partial charge in [-0.05, 0) is 45.0 Å². The number of hydrogen-bond acceptors (Lipinski definition) is 7. The maximum Gasteiger partial charge on any atom is 0.343 e. The van der Waals surface area contributed by atoms with Gasteiger partial charge in [0.15, 0.2) is 6.04 Å². The molecule has 2 aromatic rings. The Morgan fingerprint density at radius 2 is 1.69 bits per heavy atom. The smallest absolute Gasteiger partial charge is 0.343 e. The van der Waals surface area contributed by atoms with Gasteiger partial charge in [-0.25, -0.2) is 4.79 Å². The summed E-state index contributed by atoms with van der Waals surface area (Å²) in [4.78, 5) is 43.0. The molecular weight excluding hydrogens is 372 g/mol. The molecule has 1 aromatic carbocycles. The minimum Gasteiger partial charge on any atom is -0.391 e. The summed E-state index contributed by atoms with van der Waals surface area (Å²) in [5.41, 5.74) is 5.12. The number of para-hydroxylation sites is 1. The lowest BCUT2D eigenvalue weighted by molar-refractivity contribution is -0.165. The lowest BCUT2D eigenvalue weighted by atomic mass is 9.97. The van der Waals surface area contributed by atoms with Crippen LogP contribution in [-0.4, -0.2) is 41.1 Å². The molecular formula is C21H24N4O4. The molecule has 3 N–H and O–H groups in total. The predicted octanol–water partition coefficient (Wildman–Crippen LogP) is 1.93. The Kier molecular flexibility index (Phi) is 6.95. The van der Waals surface area contributed by atoms with Crippen LogP contribution in [0.4, 0.5) is 5.69 Å². The first-order chi connectivity index (χ1) is 13.7. The number of aromatic nitrogens is 1. The van der Waals surface area contributed by atoms with Gasteiger partial charge in [-0.1, -0.05) is 18.2 Å². The van der Waals surface area contributed by atoms with Crippen molar-refractivity contribution in [3.05, 3.63) is 60.4 Å². The number of ether oxygens (including phenoxy) is 1. The molecule has 2 rings (SSSR count). The van der Waals surface area contributed by atoms with Crippen molar-refractivity contribution in [1.82, 2.24) is 4.98 Å². The molecule has 1 atom stereocenters. The molecule has 0 saturated heterocycles. The number of rotatable bonds is 6. The molecule has 0 unspecified atom stereocenters. The second kappa shape index (κ2) is 9.20. The summed E-state index contributed by atoms with van der Waals surface area (Å²) in [6.07, 6.45) is 2.92. The third-order valence-electron chi connectivity index (χ3n) is 4.03. The number of nitrogens with zero attached hydrogens (tertiary/aromatic N) is 2. The van der Waals surface area contributed by atoms with E-state index in [1.807, 2.05) is 0 Å². The zero-order chi connectivity index (χ0) is 21.6. The fourth-order valence-corrected chi connectivity index (χ4v) is 2.47. The quantitative estimate of drug-likeness (QED) is 0.436. The molecule has 1 heterocycles. The Bertz CT molecular complexity index is 892. The van der Waals surface area contributed by atoms with Crippen molar-refractivity contribution in [3.63, 3.8) is 0 Å². The molecule has 0 radical (unpaired) electrons. The maximum absolute atomic E-state index is 13.0. The van der Waals surface area contributed by atoms with Gasteiger partial charge in [0, 0.05) is 23.6 Å². The molecule has 0 spiro atoms. The third kappa shape index (κ3) is 5.32. The lowest BCUT2D eigenvalue weighted by Crippen LogP contribution is -2.53. The lowest BCUT2D eigenvalue weighted by Gasteiger charge is -2.31. The summed E-state index contributed by atoms with van der Waals surface area (Å²) in [5, 5.41) is 8.59. The molecule has 29 heavy (non-hydrogen) atoms. The predicted molar refractivity (Wildman–Crippen MR) is 108 cm³/mol. The largest absolute Gasteiger partial charge is 0.391 e. The van der Waals surface area contributed by atoms with Crippen LogP contribution in [-0.2, 0) is 19.1 Å². The first kappa shape index (κ1) is 21.9. The van der Waals surface area contributed by atoms with Crippen LogP contribution in [0.1, 0.15) is 26.3 Å². The van der Waals surface area contributed by atoms with Crippen LogP contribution in [0.3, 0.4) is 0 Å². The number of pyridine rings is 1. The van der Waals surface area contributed by atoms with E-state index in [9.17, 15) is 14.4 Å². The van der Waals surface area contributed by atoms with Gasteiger partial charge in [0.2, 0.25) is 5.91 Å². The Morgan fingerprint density at radius 1 is 1.10 bits per heavy atom. The van der Waals surface area contributed by atoms with Gasteiger partial charge in [-0.15, -0.1) is 0 Å². The van der Waals surface area contributed by atoms with Gasteiger partial charge in [0.05, 0.1) is 17.7 Å². The summed E-state index contributed by atoms with van der Waals surface area (Å²) >= 11 is 0. The number of hydrogen-bond donors (Lipinski definition) is 2. The van der Waals surface area contributed by atoms with E-state index >= 15 is 0 Å². The Morgan fingerprint density at radius 3 is 2.21 bits per heavy atom. The first-order valence-corrected chi connectivity index (χ1v) is 8.99. The van der Waals surface area contributed by atoms with Crippen LogP contribution in [0, 0.1) is 10.8 Å². The topological polar surface area (TPSA) is 126 Å². The van der Waals surface area contributed by atoms with Gasteiger partial charge in [0.1, 0.15) is 0 Å². The van der Waals surface area contributed by atoms with Crippen LogP contribution in [0.2, 0.25) is 0 Å².